The van der Waals surface area contributed by atoms with Crippen LogP contribution in [-0.2, 0) is 4.79 Å². The number of carbonyl (C=O) groups is 2. The van der Waals surface area contributed by atoms with Gasteiger partial charge in [-0.25, -0.2) is 4.79 Å². The van der Waals surface area contributed by atoms with Crippen molar-refractivity contribution >= 4 is 17.6 Å². The average Bonchev–Trinajstić information content (AvgIpc) is 2.74. The average molecular weight is 416 g/mol. The minimum absolute atomic E-state index is 0.00799. The Morgan fingerprint density at radius 2 is 1.27 bits per heavy atom. The van der Waals surface area contributed by atoms with Crippen molar-refractivity contribution in [1.82, 2.24) is 0 Å². The first-order valence-electron chi connectivity index (χ1n) is 11.9. The summed E-state index contributed by atoms with van der Waals surface area (Å²) in [6, 6.07) is 6.26. The zero-order valence-corrected chi connectivity index (χ0v) is 18.8. The topological polar surface area (TPSA) is 66.4 Å². The molecule has 4 nitrogen and oxygen atoms in total. The molecule has 0 aliphatic rings. The van der Waals surface area contributed by atoms with Crippen LogP contribution in [0.4, 0.5) is 5.69 Å². The van der Waals surface area contributed by atoms with E-state index in [1.54, 1.807) is 12.1 Å². The normalized spacial score (nSPS) is 11.1. The molecule has 0 bridgehead atoms. The number of hydrogen-bond donors (Lipinski definition) is 2. The highest BCUT2D eigenvalue weighted by Gasteiger charge is 2.05. The zero-order chi connectivity index (χ0) is 21.9. The molecule has 0 spiro atoms. The smallest absolute Gasteiger partial charge is 0.335 e. The van der Waals surface area contributed by atoms with Gasteiger partial charge in [0.05, 0.1) is 5.56 Å². The predicted octanol–water partition coefficient (Wildman–Crippen LogP) is 7.75. The maximum absolute atomic E-state index is 11.9. The molecule has 1 aromatic rings. The summed E-state index contributed by atoms with van der Waals surface area (Å²) in [4.78, 5) is 22.8. The quantitative estimate of drug-likeness (QED) is 0.190. The molecule has 0 heterocycles. The first-order chi connectivity index (χ1) is 14.6. The summed E-state index contributed by atoms with van der Waals surface area (Å²) < 4.78 is 0. The Bertz CT molecular complexity index is 607. The second-order valence-electron chi connectivity index (χ2n) is 8.12. The van der Waals surface area contributed by atoms with Gasteiger partial charge < -0.3 is 10.4 Å². The molecule has 0 saturated carbocycles. The van der Waals surface area contributed by atoms with Crippen LogP contribution >= 0.6 is 0 Å². The molecule has 0 aliphatic carbocycles. The van der Waals surface area contributed by atoms with Gasteiger partial charge in [-0.2, -0.15) is 0 Å². The summed E-state index contributed by atoms with van der Waals surface area (Å²) in [5.41, 5.74) is 0.869. The minimum atomic E-state index is -0.962. The van der Waals surface area contributed by atoms with E-state index in [9.17, 15) is 9.59 Å². The van der Waals surface area contributed by atoms with Gasteiger partial charge in [-0.05, 0) is 56.4 Å². The number of anilines is 1. The van der Waals surface area contributed by atoms with Crippen LogP contribution in [0.25, 0.3) is 0 Å². The van der Waals surface area contributed by atoms with E-state index in [1.165, 1.54) is 89.2 Å². The number of carbonyl (C=O) groups excluding carboxylic acids is 1. The summed E-state index contributed by atoms with van der Waals surface area (Å²) in [5.74, 6) is -0.970. The first kappa shape index (κ1) is 25.9. The second kappa shape index (κ2) is 17.7. The zero-order valence-electron chi connectivity index (χ0n) is 18.8. The van der Waals surface area contributed by atoms with E-state index in [0.29, 0.717) is 12.1 Å². The van der Waals surface area contributed by atoms with Crippen LogP contribution in [0.1, 0.15) is 114 Å². The molecular weight excluding hydrogens is 374 g/mol. The molecule has 168 valence electrons. The molecule has 0 fully saturated rings. The monoisotopic (exact) mass is 415 g/mol. The minimum Gasteiger partial charge on any atom is -0.478 e. The fraction of sp³-hybridized carbons (Fsp3) is 0.615. The second-order valence-corrected chi connectivity index (χ2v) is 8.12. The van der Waals surface area contributed by atoms with E-state index in [0.717, 1.165) is 12.8 Å². The van der Waals surface area contributed by atoms with Gasteiger partial charge in [0.25, 0.3) is 0 Å². The first-order valence-corrected chi connectivity index (χ1v) is 11.9. The third-order valence-electron chi connectivity index (χ3n) is 5.33. The van der Waals surface area contributed by atoms with Crippen molar-refractivity contribution in [1.29, 1.82) is 0 Å². The van der Waals surface area contributed by atoms with Gasteiger partial charge in [0.15, 0.2) is 0 Å². The van der Waals surface area contributed by atoms with E-state index < -0.39 is 5.97 Å². The number of carboxylic acid groups (broad SMARTS) is 1. The maximum atomic E-state index is 11.9. The van der Waals surface area contributed by atoms with Crippen LogP contribution in [0.3, 0.4) is 0 Å². The number of rotatable bonds is 18. The molecule has 2 N–H and O–H groups in total. The van der Waals surface area contributed by atoms with Gasteiger partial charge >= 0.3 is 5.97 Å². The molecule has 1 amide bonds. The van der Waals surface area contributed by atoms with Crippen LogP contribution in [0.2, 0.25) is 0 Å². The Hall–Kier alpha value is -2.10. The van der Waals surface area contributed by atoms with Gasteiger partial charge in [-0.3, -0.25) is 4.79 Å². The van der Waals surface area contributed by atoms with Crippen molar-refractivity contribution in [3.05, 3.63) is 42.0 Å². The van der Waals surface area contributed by atoms with E-state index in [-0.39, 0.29) is 11.5 Å². The Morgan fingerprint density at radius 1 is 0.767 bits per heavy atom. The van der Waals surface area contributed by atoms with Crippen LogP contribution in [0.15, 0.2) is 36.4 Å². The summed E-state index contributed by atoms with van der Waals surface area (Å²) in [5, 5.41) is 11.7. The van der Waals surface area contributed by atoms with E-state index >= 15 is 0 Å². The molecule has 1 aromatic carbocycles. The molecule has 0 radical (unpaired) electrons. The third-order valence-corrected chi connectivity index (χ3v) is 5.33. The fourth-order valence-corrected chi connectivity index (χ4v) is 3.45. The Balaban J connectivity index is 1.91. The molecule has 4 heteroatoms. The molecule has 0 saturated heterocycles. The van der Waals surface area contributed by atoms with Crippen molar-refractivity contribution in [3.63, 3.8) is 0 Å². The number of amides is 1. The van der Waals surface area contributed by atoms with Gasteiger partial charge in [0.1, 0.15) is 0 Å². The molecule has 0 atom stereocenters. The Labute approximate surface area is 183 Å². The Kier molecular flexibility index (Phi) is 15.3. The number of benzene rings is 1. The fourth-order valence-electron chi connectivity index (χ4n) is 3.45. The van der Waals surface area contributed by atoms with E-state index in [2.05, 4.69) is 24.4 Å². The summed E-state index contributed by atoms with van der Waals surface area (Å²) in [6.07, 6.45) is 22.8. The lowest BCUT2D eigenvalue weighted by Gasteiger charge is -2.05. The highest BCUT2D eigenvalue weighted by molar-refractivity contribution is 5.92. The predicted molar refractivity (Wildman–Crippen MR) is 126 cm³/mol. The number of allylic oxidation sites excluding steroid dienone is 2. The van der Waals surface area contributed by atoms with Gasteiger partial charge in [0.2, 0.25) is 5.91 Å². The number of hydrogen-bond acceptors (Lipinski definition) is 2. The van der Waals surface area contributed by atoms with Crippen molar-refractivity contribution in [2.24, 2.45) is 0 Å². The lowest BCUT2D eigenvalue weighted by molar-refractivity contribution is -0.116. The van der Waals surface area contributed by atoms with Crippen molar-refractivity contribution in [2.75, 3.05) is 5.32 Å². The van der Waals surface area contributed by atoms with Gasteiger partial charge in [-0.15, -0.1) is 0 Å². The number of unbranched alkanes of at least 4 members (excludes halogenated alkanes) is 12. The van der Waals surface area contributed by atoms with Gasteiger partial charge in [-0.1, -0.05) is 76.9 Å². The Morgan fingerprint density at radius 3 is 1.80 bits per heavy atom. The van der Waals surface area contributed by atoms with Crippen LogP contribution in [-0.4, -0.2) is 17.0 Å². The van der Waals surface area contributed by atoms with Crippen LogP contribution in [0, 0.1) is 0 Å². The van der Waals surface area contributed by atoms with Crippen molar-refractivity contribution < 1.29 is 14.7 Å². The highest BCUT2D eigenvalue weighted by atomic mass is 16.4. The summed E-state index contributed by atoms with van der Waals surface area (Å²) in [6.45, 7) is 2.26. The third kappa shape index (κ3) is 14.0. The largest absolute Gasteiger partial charge is 0.478 e. The van der Waals surface area contributed by atoms with Crippen molar-refractivity contribution in [3.8, 4) is 0 Å². The summed E-state index contributed by atoms with van der Waals surface area (Å²) in [7, 11) is 0. The summed E-state index contributed by atoms with van der Waals surface area (Å²) >= 11 is 0. The highest BCUT2D eigenvalue weighted by Crippen LogP contribution is 2.13. The van der Waals surface area contributed by atoms with Crippen LogP contribution in [0.5, 0.6) is 0 Å². The number of carboxylic acids is 1. The lowest BCUT2D eigenvalue weighted by Crippen LogP contribution is -2.11. The maximum Gasteiger partial charge on any atom is 0.335 e. The van der Waals surface area contributed by atoms with E-state index in [1.807, 2.05) is 0 Å². The molecule has 30 heavy (non-hydrogen) atoms. The number of aromatic carboxylic acids is 1. The van der Waals surface area contributed by atoms with E-state index in [4.69, 9.17) is 5.11 Å². The molecule has 1 rings (SSSR count). The number of nitrogens with one attached hydrogen (secondary N) is 1. The molecular formula is C26H41NO3. The lowest BCUT2D eigenvalue weighted by atomic mass is 10.1. The molecule has 0 unspecified atom stereocenters. The molecule has 0 aliphatic heterocycles. The van der Waals surface area contributed by atoms with Gasteiger partial charge in [0, 0.05) is 12.1 Å². The molecule has 0 aromatic heterocycles. The van der Waals surface area contributed by atoms with Crippen LogP contribution < -0.4 is 5.32 Å². The van der Waals surface area contributed by atoms with Crippen molar-refractivity contribution in [2.45, 2.75) is 103 Å². The standard InChI is InChI=1S/C26H41NO3/c1-2-3-4-5-6-7-8-9-10-11-12-13-14-15-16-17-18-25(28)27-24-21-19-23(20-22-24)26(29)30/h10-11,19-22H,2-9,12-18H2,1H3,(H,27,28)(H,29,30)/b11-10-. The SMILES string of the molecule is CCCCCCCCC/C=C\CCCCCCCC(=O)Nc1ccc(C(=O)O)cc1.